The van der Waals surface area contributed by atoms with Crippen molar-refractivity contribution >= 4 is 11.6 Å². The van der Waals surface area contributed by atoms with Crippen molar-refractivity contribution < 1.29 is 9.59 Å². The number of allylic oxidation sites excluding steroid dienone is 3. The van der Waals surface area contributed by atoms with Crippen LogP contribution >= 0.6 is 0 Å². The van der Waals surface area contributed by atoms with Gasteiger partial charge in [0.1, 0.15) is 0 Å². The predicted molar refractivity (Wildman–Crippen MR) is 54.8 cm³/mol. The lowest BCUT2D eigenvalue weighted by molar-refractivity contribution is -0.116. The average Bonchev–Trinajstić information content (AvgIpc) is 2.18. The summed E-state index contributed by atoms with van der Waals surface area (Å²) in [6.45, 7) is 5.11. The van der Waals surface area contributed by atoms with Gasteiger partial charge in [0.25, 0.3) is 0 Å². The van der Waals surface area contributed by atoms with Crippen molar-refractivity contribution in [2.75, 3.05) is 0 Å². The minimum absolute atomic E-state index is 0.0570. The van der Waals surface area contributed by atoms with Crippen molar-refractivity contribution in [2.45, 2.75) is 20.8 Å². The van der Waals surface area contributed by atoms with E-state index in [1.807, 2.05) is 13.8 Å². The van der Waals surface area contributed by atoms with E-state index in [1.165, 1.54) is 13.0 Å². The van der Waals surface area contributed by atoms with Crippen LogP contribution < -0.4 is 0 Å². The highest BCUT2D eigenvalue weighted by atomic mass is 16.1. The number of carbonyl (C=O) groups is 2. The van der Waals surface area contributed by atoms with Crippen LogP contribution in [0.1, 0.15) is 20.8 Å². The Morgan fingerprint density at radius 2 is 2.00 bits per heavy atom. The average molecular weight is 205 g/mol. The van der Waals surface area contributed by atoms with Crippen molar-refractivity contribution in [1.82, 2.24) is 0 Å². The van der Waals surface area contributed by atoms with E-state index in [4.69, 9.17) is 5.53 Å². The molecule has 0 heterocycles. The van der Waals surface area contributed by atoms with Gasteiger partial charge in [0.15, 0.2) is 11.6 Å². The molecular formula is C10H11N3O2. The van der Waals surface area contributed by atoms with Gasteiger partial charge in [-0.2, -0.15) is 0 Å². The summed E-state index contributed by atoms with van der Waals surface area (Å²) in [5, 5.41) is 3.28. The summed E-state index contributed by atoms with van der Waals surface area (Å²) in [6, 6.07) is 0. The molecule has 0 saturated carbocycles. The number of Topliss-reactive ketones (excluding diaryl/α,β-unsaturated/α-hetero) is 1. The fourth-order valence-corrected chi connectivity index (χ4v) is 1.33. The molecule has 0 aromatic heterocycles. The van der Waals surface area contributed by atoms with Crippen molar-refractivity contribution in [2.24, 2.45) is 11.0 Å². The summed E-state index contributed by atoms with van der Waals surface area (Å²) in [4.78, 5) is 25.8. The first-order chi connectivity index (χ1) is 6.99. The highest BCUT2D eigenvalue weighted by Crippen LogP contribution is 2.24. The maximum atomic E-state index is 11.8. The lowest BCUT2D eigenvalue weighted by atomic mass is 9.88. The smallest absolute Gasteiger partial charge is 0.192 e. The highest BCUT2D eigenvalue weighted by Gasteiger charge is 2.26. The molecule has 0 aromatic carbocycles. The third-order valence-corrected chi connectivity index (χ3v) is 2.26. The number of rotatable bonds is 2. The molecule has 1 rings (SSSR count). The van der Waals surface area contributed by atoms with E-state index >= 15 is 0 Å². The Kier molecular flexibility index (Phi) is 3.07. The molecule has 5 heteroatoms. The van der Waals surface area contributed by atoms with E-state index in [-0.39, 0.29) is 28.8 Å². The Hall–Kier alpha value is -1.87. The van der Waals surface area contributed by atoms with Gasteiger partial charge < -0.3 is 0 Å². The first-order valence-corrected chi connectivity index (χ1v) is 4.55. The number of carbonyl (C=O) groups excluding carboxylic acids is 2. The molecule has 0 atom stereocenters. The van der Waals surface area contributed by atoms with E-state index in [1.54, 1.807) is 0 Å². The van der Waals surface area contributed by atoms with Crippen LogP contribution in [0.3, 0.4) is 0 Å². The summed E-state index contributed by atoms with van der Waals surface area (Å²) in [5.74, 6) is -0.668. The molecule has 0 bridgehead atoms. The second-order valence-electron chi connectivity index (χ2n) is 3.61. The minimum Gasteiger partial charge on any atom is -0.290 e. The van der Waals surface area contributed by atoms with Gasteiger partial charge in [0, 0.05) is 16.1 Å². The molecule has 0 amide bonds. The van der Waals surface area contributed by atoms with Crippen LogP contribution in [-0.2, 0) is 9.59 Å². The van der Waals surface area contributed by atoms with Crippen LogP contribution in [0.2, 0.25) is 0 Å². The molecule has 0 unspecified atom stereocenters. The van der Waals surface area contributed by atoms with Crippen LogP contribution in [0, 0.1) is 5.92 Å². The van der Waals surface area contributed by atoms with E-state index < -0.39 is 0 Å². The summed E-state index contributed by atoms with van der Waals surface area (Å²) >= 11 is 0. The van der Waals surface area contributed by atoms with Crippen molar-refractivity contribution in [3.63, 3.8) is 0 Å². The highest BCUT2D eigenvalue weighted by molar-refractivity contribution is 6.22. The molecule has 0 N–H and O–H groups in total. The van der Waals surface area contributed by atoms with E-state index in [0.717, 1.165) is 0 Å². The second kappa shape index (κ2) is 4.11. The quantitative estimate of drug-likeness (QED) is 0.300. The normalized spacial score (nSPS) is 16.7. The Balaban J connectivity index is 3.29. The topological polar surface area (TPSA) is 82.9 Å². The monoisotopic (exact) mass is 205 g/mol. The number of nitrogens with zero attached hydrogens (tertiary/aromatic N) is 3. The van der Waals surface area contributed by atoms with Crippen molar-refractivity contribution in [3.05, 3.63) is 33.4 Å². The van der Waals surface area contributed by atoms with Crippen LogP contribution in [-0.4, -0.2) is 11.6 Å². The molecule has 0 aliphatic heterocycles. The van der Waals surface area contributed by atoms with Crippen LogP contribution in [0.15, 0.2) is 28.0 Å². The van der Waals surface area contributed by atoms with Crippen LogP contribution in [0.25, 0.3) is 10.4 Å². The maximum absolute atomic E-state index is 11.8. The maximum Gasteiger partial charge on any atom is 0.192 e. The van der Waals surface area contributed by atoms with Gasteiger partial charge >= 0.3 is 0 Å². The van der Waals surface area contributed by atoms with Crippen LogP contribution in [0.5, 0.6) is 0 Å². The van der Waals surface area contributed by atoms with Gasteiger partial charge in [0.05, 0.1) is 5.70 Å². The number of azide groups is 1. The Morgan fingerprint density at radius 3 is 2.47 bits per heavy atom. The van der Waals surface area contributed by atoms with Gasteiger partial charge in [-0.15, -0.1) is 0 Å². The zero-order valence-corrected chi connectivity index (χ0v) is 8.81. The molecule has 0 spiro atoms. The minimum atomic E-state index is -0.347. The third-order valence-electron chi connectivity index (χ3n) is 2.26. The zero-order chi connectivity index (χ0) is 11.6. The molecule has 0 radical (unpaired) electrons. The van der Waals surface area contributed by atoms with Gasteiger partial charge in [0.2, 0.25) is 0 Å². The van der Waals surface area contributed by atoms with Gasteiger partial charge in [-0.1, -0.05) is 19.0 Å². The summed E-state index contributed by atoms with van der Waals surface area (Å²) in [5.41, 5.74) is 8.84. The number of ketones is 2. The fraction of sp³-hybridized carbons (Fsp3) is 0.400. The number of hydrogen-bond donors (Lipinski definition) is 0. The van der Waals surface area contributed by atoms with E-state index in [0.29, 0.717) is 5.57 Å². The Bertz CT molecular complexity index is 438. The van der Waals surface area contributed by atoms with Gasteiger partial charge in [-0.05, 0) is 24.4 Å². The third kappa shape index (κ3) is 1.97. The summed E-state index contributed by atoms with van der Waals surface area (Å²) in [6.07, 6.45) is 1.32. The van der Waals surface area contributed by atoms with Crippen molar-refractivity contribution in [1.29, 1.82) is 0 Å². The lowest BCUT2D eigenvalue weighted by Crippen LogP contribution is -2.19. The fourth-order valence-electron chi connectivity index (χ4n) is 1.33. The van der Waals surface area contributed by atoms with Crippen LogP contribution in [0.4, 0.5) is 0 Å². The molecule has 5 nitrogen and oxygen atoms in total. The van der Waals surface area contributed by atoms with Gasteiger partial charge in [-0.3, -0.25) is 9.59 Å². The number of hydrogen-bond acceptors (Lipinski definition) is 3. The van der Waals surface area contributed by atoms with E-state index in [9.17, 15) is 9.59 Å². The molecule has 15 heavy (non-hydrogen) atoms. The first-order valence-electron chi connectivity index (χ1n) is 4.55. The van der Waals surface area contributed by atoms with E-state index in [2.05, 4.69) is 10.0 Å². The zero-order valence-electron chi connectivity index (χ0n) is 8.81. The molecule has 0 saturated heterocycles. The first kappa shape index (κ1) is 11.2. The standard InChI is InChI=1S/C10H11N3O2/c1-5(2)7-4-8(14)6(3)9(10(7)15)12-13-11/h4-5H,1-3H3. The molecule has 0 fully saturated rings. The largest absolute Gasteiger partial charge is 0.290 e. The predicted octanol–water partition coefficient (Wildman–Crippen LogP) is 2.30. The molecule has 1 aliphatic rings. The molecule has 78 valence electrons. The molecular weight excluding hydrogens is 194 g/mol. The Morgan fingerprint density at radius 1 is 1.40 bits per heavy atom. The second-order valence-corrected chi connectivity index (χ2v) is 3.61. The van der Waals surface area contributed by atoms with Crippen molar-refractivity contribution in [3.8, 4) is 0 Å². The summed E-state index contributed by atoms with van der Waals surface area (Å²) < 4.78 is 0. The SMILES string of the molecule is CC1=C(N=[N+]=[N-])C(=O)C(C(C)C)=CC1=O. The summed E-state index contributed by atoms with van der Waals surface area (Å²) in [7, 11) is 0. The lowest BCUT2D eigenvalue weighted by Gasteiger charge is -2.16. The Labute approximate surface area is 87.1 Å². The van der Waals surface area contributed by atoms with Gasteiger partial charge in [-0.25, -0.2) is 0 Å². The molecule has 0 aromatic rings. The molecule has 1 aliphatic carbocycles.